The molecule has 1 aliphatic carbocycles. The van der Waals surface area contributed by atoms with Gasteiger partial charge in [-0.15, -0.1) is 0 Å². The second kappa shape index (κ2) is 8.44. The lowest BCUT2D eigenvalue weighted by Crippen LogP contribution is -2.54. The van der Waals surface area contributed by atoms with Crippen LogP contribution >= 0.6 is 0 Å². The summed E-state index contributed by atoms with van der Waals surface area (Å²) < 4.78 is 0. The Morgan fingerprint density at radius 1 is 1.16 bits per heavy atom. The molecule has 2 fully saturated rings. The molecule has 0 radical (unpaired) electrons. The van der Waals surface area contributed by atoms with Gasteiger partial charge in [0.15, 0.2) is 5.78 Å². The van der Waals surface area contributed by atoms with E-state index in [0.717, 1.165) is 11.3 Å². The average molecular weight is 428 g/mol. The maximum atomic E-state index is 13.2. The number of carbonyl (C=O) groups is 4. The Bertz CT molecular complexity index is 891. The van der Waals surface area contributed by atoms with Crippen LogP contribution in [-0.2, 0) is 9.59 Å². The van der Waals surface area contributed by atoms with Crippen LogP contribution in [0.15, 0.2) is 24.3 Å². The summed E-state index contributed by atoms with van der Waals surface area (Å²) in [4.78, 5) is 51.5. The minimum atomic E-state index is -0.914. The summed E-state index contributed by atoms with van der Waals surface area (Å²) in [5.74, 6) is -0.136. The van der Waals surface area contributed by atoms with E-state index in [1.54, 1.807) is 24.3 Å². The Hall–Kier alpha value is -2.70. The van der Waals surface area contributed by atoms with Crippen molar-refractivity contribution < 1.29 is 19.2 Å². The number of Topliss-reactive ketones (excluding diaryl/α,β-unsaturated/α-hetero) is 1. The fraction of sp³-hybridized carbons (Fsp3) is 0.583. The average Bonchev–Trinajstić information content (AvgIpc) is 2.83. The van der Waals surface area contributed by atoms with Crippen LogP contribution in [0.4, 0.5) is 10.5 Å². The highest BCUT2D eigenvalue weighted by molar-refractivity contribution is 6.11. The first-order valence-corrected chi connectivity index (χ1v) is 11.0. The molecule has 2 atom stereocenters. The van der Waals surface area contributed by atoms with Gasteiger partial charge in [0.1, 0.15) is 5.54 Å². The molecule has 0 bridgehead atoms. The Balaban J connectivity index is 1.67. The lowest BCUT2D eigenvalue weighted by molar-refractivity contribution is -0.134. The molecule has 1 aromatic rings. The van der Waals surface area contributed by atoms with Crippen molar-refractivity contribution in [1.29, 1.82) is 0 Å². The van der Waals surface area contributed by atoms with Crippen molar-refractivity contribution >= 4 is 29.3 Å². The molecule has 1 saturated heterocycles. The molecule has 7 nitrogen and oxygen atoms in total. The number of urea groups is 1. The summed E-state index contributed by atoms with van der Waals surface area (Å²) in [5, 5.41) is 5.69. The van der Waals surface area contributed by atoms with E-state index in [-0.39, 0.29) is 35.5 Å². The molecule has 1 saturated carbocycles. The van der Waals surface area contributed by atoms with Gasteiger partial charge in [-0.2, -0.15) is 0 Å². The number of carbonyl (C=O) groups excluding carboxylic acids is 4. The Morgan fingerprint density at radius 2 is 1.81 bits per heavy atom. The molecule has 1 aliphatic heterocycles. The third kappa shape index (κ3) is 5.14. The molecule has 4 amide bonds. The molecular weight excluding hydrogens is 394 g/mol. The lowest BCUT2D eigenvalue weighted by Gasteiger charge is -2.43. The predicted molar refractivity (Wildman–Crippen MR) is 119 cm³/mol. The molecule has 1 heterocycles. The van der Waals surface area contributed by atoms with Crippen LogP contribution in [0.2, 0.25) is 0 Å². The van der Waals surface area contributed by atoms with E-state index >= 15 is 0 Å². The number of benzene rings is 1. The van der Waals surface area contributed by atoms with Crippen LogP contribution in [-0.4, -0.2) is 40.6 Å². The molecular formula is C24H33N3O4. The van der Waals surface area contributed by atoms with E-state index in [1.807, 2.05) is 13.8 Å². The van der Waals surface area contributed by atoms with E-state index in [4.69, 9.17) is 0 Å². The van der Waals surface area contributed by atoms with Gasteiger partial charge >= 0.3 is 6.03 Å². The van der Waals surface area contributed by atoms with E-state index in [1.165, 1.54) is 0 Å². The van der Waals surface area contributed by atoms with E-state index in [9.17, 15) is 19.2 Å². The second-order valence-corrected chi connectivity index (χ2v) is 10.4. The van der Waals surface area contributed by atoms with Crippen molar-refractivity contribution in [2.75, 3.05) is 11.9 Å². The summed E-state index contributed by atoms with van der Waals surface area (Å²) in [7, 11) is 0. The number of imide groups is 1. The molecule has 168 valence electrons. The predicted octanol–water partition coefficient (Wildman–Crippen LogP) is 3.99. The maximum absolute atomic E-state index is 13.2. The first kappa shape index (κ1) is 23.0. The monoisotopic (exact) mass is 427 g/mol. The minimum Gasteiger partial charge on any atom is -0.326 e. The Kier molecular flexibility index (Phi) is 6.25. The summed E-state index contributed by atoms with van der Waals surface area (Å²) in [5.41, 5.74) is 0.0230. The van der Waals surface area contributed by atoms with Gasteiger partial charge in [0.2, 0.25) is 5.91 Å². The van der Waals surface area contributed by atoms with Crippen molar-refractivity contribution in [2.24, 2.45) is 17.3 Å². The van der Waals surface area contributed by atoms with Gasteiger partial charge in [0.25, 0.3) is 5.91 Å². The Labute approximate surface area is 183 Å². The SMILES string of the molecule is CC(C)CC(=O)Nc1ccc(C(=O)CN2C(=O)N[C@]3(C[C@@H](C)CC(C)(C)C3)C2=O)cc1. The Morgan fingerprint density at radius 3 is 2.39 bits per heavy atom. The largest absolute Gasteiger partial charge is 0.326 e. The summed E-state index contributed by atoms with van der Waals surface area (Å²) in [6, 6.07) is 6.02. The van der Waals surface area contributed by atoms with Gasteiger partial charge in [-0.3, -0.25) is 19.3 Å². The van der Waals surface area contributed by atoms with E-state index < -0.39 is 11.6 Å². The zero-order valence-corrected chi connectivity index (χ0v) is 19.1. The minimum absolute atomic E-state index is 0.0591. The first-order chi connectivity index (χ1) is 14.4. The topological polar surface area (TPSA) is 95.6 Å². The number of nitrogens with one attached hydrogen (secondary N) is 2. The van der Waals surface area contributed by atoms with Crippen LogP contribution < -0.4 is 10.6 Å². The second-order valence-electron chi connectivity index (χ2n) is 10.4. The molecule has 0 aromatic heterocycles. The van der Waals surface area contributed by atoms with Crippen LogP contribution in [0.25, 0.3) is 0 Å². The fourth-order valence-electron chi connectivity index (χ4n) is 5.21. The summed E-state index contributed by atoms with van der Waals surface area (Å²) >= 11 is 0. The zero-order chi connectivity index (χ0) is 23.0. The van der Waals surface area contributed by atoms with Crippen molar-refractivity contribution in [2.45, 2.75) is 65.8 Å². The highest BCUT2D eigenvalue weighted by atomic mass is 16.2. The quantitative estimate of drug-likeness (QED) is 0.530. The van der Waals surface area contributed by atoms with Gasteiger partial charge in [0.05, 0.1) is 6.54 Å². The number of anilines is 1. The molecule has 2 aliphatic rings. The number of hydrogen-bond donors (Lipinski definition) is 2. The fourth-order valence-corrected chi connectivity index (χ4v) is 5.21. The van der Waals surface area contributed by atoms with Crippen molar-refractivity contribution in [3.8, 4) is 0 Å². The smallest absolute Gasteiger partial charge is 0.325 e. The van der Waals surface area contributed by atoms with E-state index in [2.05, 4.69) is 31.4 Å². The molecule has 1 aromatic carbocycles. The number of hydrogen-bond acceptors (Lipinski definition) is 4. The van der Waals surface area contributed by atoms with Gasteiger partial charge in [-0.25, -0.2) is 4.79 Å². The standard InChI is InChI=1S/C24H33N3O4/c1-15(2)10-20(29)25-18-8-6-17(7-9-18)19(28)13-27-21(30)24(26-22(27)31)12-16(3)11-23(4,5)14-24/h6-9,15-16H,10-14H2,1-5H3,(H,25,29)(H,26,31)/t16-,24-/m0/s1. The van der Waals surface area contributed by atoms with Gasteiger partial charge < -0.3 is 10.6 Å². The molecule has 1 spiro atoms. The van der Waals surface area contributed by atoms with Crippen molar-refractivity contribution in [1.82, 2.24) is 10.2 Å². The molecule has 31 heavy (non-hydrogen) atoms. The zero-order valence-electron chi connectivity index (χ0n) is 19.1. The van der Waals surface area contributed by atoms with Crippen LogP contribution in [0.1, 0.15) is 70.7 Å². The number of rotatable bonds is 6. The molecule has 7 heteroatoms. The normalized spacial score (nSPS) is 25.1. The molecule has 0 unspecified atom stereocenters. The van der Waals surface area contributed by atoms with Gasteiger partial charge in [0, 0.05) is 17.7 Å². The van der Waals surface area contributed by atoms with Crippen LogP contribution in [0, 0.1) is 17.3 Å². The summed E-state index contributed by atoms with van der Waals surface area (Å²) in [6.45, 7) is 9.96. The first-order valence-electron chi connectivity index (χ1n) is 11.0. The highest BCUT2D eigenvalue weighted by Crippen LogP contribution is 2.46. The number of ketones is 1. The molecule has 3 rings (SSSR count). The van der Waals surface area contributed by atoms with Crippen molar-refractivity contribution in [3.05, 3.63) is 29.8 Å². The number of amides is 4. The van der Waals surface area contributed by atoms with Gasteiger partial charge in [-0.1, -0.05) is 34.6 Å². The third-order valence-electron chi connectivity index (χ3n) is 6.01. The number of nitrogens with zero attached hydrogens (tertiary/aromatic N) is 1. The summed E-state index contributed by atoms with van der Waals surface area (Å²) in [6.07, 6.45) is 2.59. The third-order valence-corrected chi connectivity index (χ3v) is 6.01. The van der Waals surface area contributed by atoms with Crippen LogP contribution in [0.3, 0.4) is 0 Å². The van der Waals surface area contributed by atoms with Gasteiger partial charge in [-0.05, 0) is 60.8 Å². The highest BCUT2D eigenvalue weighted by Gasteiger charge is 2.56. The van der Waals surface area contributed by atoms with E-state index in [0.29, 0.717) is 36.4 Å². The lowest BCUT2D eigenvalue weighted by atomic mass is 9.64. The maximum Gasteiger partial charge on any atom is 0.325 e. The van der Waals surface area contributed by atoms with Crippen molar-refractivity contribution in [3.63, 3.8) is 0 Å². The molecule has 2 N–H and O–H groups in total. The van der Waals surface area contributed by atoms with Crippen LogP contribution in [0.5, 0.6) is 0 Å².